The topological polar surface area (TPSA) is 106 Å². The lowest BCUT2D eigenvalue weighted by Crippen LogP contribution is -2.29. The Hall–Kier alpha value is -3.95. The molecule has 2 atom stereocenters. The molecular formula is C28H23ClN2O6S. The van der Waals surface area contributed by atoms with Crippen LogP contribution >= 0.6 is 22.9 Å². The summed E-state index contributed by atoms with van der Waals surface area (Å²) in [6, 6.07) is 10.8. The first-order valence-electron chi connectivity index (χ1n) is 11.8. The van der Waals surface area contributed by atoms with E-state index < -0.39 is 23.7 Å². The number of carbonyl (C=O) groups excluding carboxylic acids is 3. The molecule has 0 saturated carbocycles. The first-order valence-corrected chi connectivity index (χ1v) is 13.0. The van der Waals surface area contributed by atoms with E-state index in [0.29, 0.717) is 28.3 Å². The molecule has 10 heteroatoms. The lowest BCUT2D eigenvalue weighted by atomic mass is 9.94. The van der Waals surface area contributed by atoms with Gasteiger partial charge in [0.25, 0.3) is 5.78 Å². The first kappa shape index (κ1) is 25.7. The summed E-state index contributed by atoms with van der Waals surface area (Å²) in [6.45, 7) is 7.11. The number of aliphatic hydroxyl groups is 1. The summed E-state index contributed by atoms with van der Waals surface area (Å²) in [5.41, 5.74) is 2.02. The van der Waals surface area contributed by atoms with Crippen LogP contribution in [-0.2, 0) is 20.7 Å². The molecule has 3 aromatic rings. The average Bonchev–Trinajstić information content (AvgIpc) is 3.54. The number of fused-ring (bicyclic) bond motifs is 1. The molecule has 0 unspecified atom stereocenters. The molecule has 1 amide bonds. The van der Waals surface area contributed by atoms with Gasteiger partial charge >= 0.3 is 11.9 Å². The molecule has 3 heterocycles. The van der Waals surface area contributed by atoms with Crippen LogP contribution in [0.2, 0.25) is 5.02 Å². The van der Waals surface area contributed by atoms with Crippen molar-refractivity contribution in [3.05, 3.63) is 93.0 Å². The number of aliphatic hydroxyl groups excluding tert-OH is 1. The molecule has 0 radical (unpaired) electrons. The number of aromatic nitrogens is 1. The summed E-state index contributed by atoms with van der Waals surface area (Å²) in [5.74, 6) is -1.97. The van der Waals surface area contributed by atoms with Crippen molar-refractivity contribution in [2.45, 2.75) is 32.4 Å². The van der Waals surface area contributed by atoms with Crippen LogP contribution in [0.3, 0.4) is 0 Å². The van der Waals surface area contributed by atoms with Crippen LogP contribution in [0.25, 0.3) is 5.76 Å². The van der Waals surface area contributed by atoms with E-state index in [1.165, 1.54) is 11.0 Å². The van der Waals surface area contributed by atoms with Gasteiger partial charge in [-0.3, -0.25) is 14.5 Å². The second kappa shape index (κ2) is 10.1. The van der Waals surface area contributed by atoms with E-state index in [0.717, 1.165) is 22.6 Å². The van der Waals surface area contributed by atoms with Crippen LogP contribution in [0.4, 0.5) is 5.13 Å². The number of benzene rings is 2. The largest absolute Gasteiger partial charge is 0.507 e. The van der Waals surface area contributed by atoms with E-state index >= 15 is 0 Å². The Balaban J connectivity index is 1.65. The molecule has 194 valence electrons. The smallest absolute Gasteiger partial charge is 0.350 e. The van der Waals surface area contributed by atoms with E-state index in [9.17, 15) is 19.5 Å². The molecule has 5 rings (SSSR count). The molecule has 2 aromatic carbocycles. The minimum atomic E-state index is -1.03. The molecule has 0 aliphatic carbocycles. The van der Waals surface area contributed by atoms with Crippen LogP contribution < -0.4 is 9.64 Å². The maximum absolute atomic E-state index is 13.4. The van der Waals surface area contributed by atoms with Crippen molar-refractivity contribution in [1.29, 1.82) is 0 Å². The van der Waals surface area contributed by atoms with Gasteiger partial charge in [0, 0.05) is 17.0 Å². The van der Waals surface area contributed by atoms with Crippen molar-refractivity contribution in [3.63, 3.8) is 0 Å². The van der Waals surface area contributed by atoms with E-state index in [4.69, 9.17) is 21.1 Å². The summed E-state index contributed by atoms with van der Waals surface area (Å²) in [7, 11) is 0. The SMILES string of the molecule is C=CCOC(=O)c1sc(N2C(=O)C(=O)C(=C(O)c3ccc4c(c3)C[C@H](C)O4)[C@H]2c2cccc(Cl)c2)nc1C. The normalized spacial score (nSPS) is 19.8. The number of hydrogen-bond donors (Lipinski definition) is 1. The lowest BCUT2D eigenvalue weighted by molar-refractivity contribution is -0.132. The Morgan fingerprint density at radius 3 is 2.84 bits per heavy atom. The van der Waals surface area contributed by atoms with Crippen molar-refractivity contribution in [2.24, 2.45) is 0 Å². The first-order chi connectivity index (χ1) is 18.2. The second-order valence-electron chi connectivity index (χ2n) is 8.98. The van der Waals surface area contributed by atoms with Crippen LogP contribution in [0.5, 0.6) is 5.75 Å². The number of carbonyl (C=O) groups is 3. The number of esters is 1. The summed E-state index contributed by atoms with van der Waals surface area (Å²) in [6.07, 6.45) is 2.10. The Morgan fingerprint density at radius 2 is 2.11 bits per heavy atom. The fourth-order valence-electron chi connectivity index (χ4n) is 4.62. The number of ketones is 1. The Morgan fingerprint density at radius 1 is 1.32 bits per heavy atom. The second-order valence-corrected chi connectivity index (χ2v) is 10.4. The van der Waals surface area contributed by atoms with Crippen molar-refractivity contribution < 1.29 is 29.0 Å². The van der Waals surface area contributed by atoms with Crippen LogP contribution in [0.1, 0.15) is 45.0 Å². The maximum atomic E-state index is 13.4. The predicted octanol–water partition coefficient (Wildman–Crippen LogP) is 5.40. The highest BCUT2D eigenvalue weighted by Crippen LogP contribution is 2.45. The molecule has 1 N–H and O–H groups in total. The van der Waals surface area contributed by atoms with Crippen LogP contribution in [0, 0.1) is 6.92 Å². The van der Waals surface area contributed by atoms with Gasteiger partial charge in [-0.15, -0.1) is 0 Å². The van der Waals surface area contributed by atoms with Gasteiger partial charge in [0.1, 0.15) is 29.1 Å². The monoisotopic (exact) mass is 550 g/mol. The average molecular weight is 551 g/mol. The van der Waals surface area contributed by atoms with E-state index in [2.05, 4.69) is 11.6 Å². The number of aryl methyl sites for hydroxylation is 1. The third kappa shape index (κ3) is 4.48. The van der Waals surface area contributed by atoms with Gasteiger partial charge in [-0.2, -0.15) is 0 Å². The highest BCUT2D eigenvalue weighted by Gasteiger charge is 2.48. The maximum Gasteiger partial charge on any atom is 0.350 e. The molecule has 0 spiro atoms. The zero-order chi connectivity index (χ0) is 27.1. The standard InChI is InChI=1S/C28H23ClN2O6S/c1-4-10-36-27(35)25-15(3)30-28(38-25)31-22(16-6-5-7-19(29)13-16)21(24(33)26(31)34)23(32)17-8-9-20-18(12-17)11-14(2)37-20/h4-9,12-14,22,32H,1,10-11H2,2-3H3/t14-,22+/m0/s1. The van der Waals surface area contributed by atoms with E-state index in [1.54, 1.807) is 49.4 Å². The fraction of sp³-hybridized carbons (Fsp3) is 0.214. The number of hydrogen-bond acceptors (Lipinski definition) is 8. The molecule has 38 heavy (non-hydrogen) atoms. The number of rotatable bonds is 6. The Bertz CT molecular complexity index is 1530. The van der Waals surface area contributed by atoms with E-state index in [1.807, 2.05) is 6.92 Å². The third-order valence-corrected chi connectivity index (χ3v) is 7.66. The van der Waals surface area contributed by atoms with Gasteiger partial charge in [-0.05, 0) is 55.3 Å². The quantitative estimate of drug-likeness (QED) is 0.144. The predicted molar refractivity (Wildman–Crippen MR) is 144 cm³/mol. The minimum absolute atomic E-state index is 0.0000508. The summed E-state index contributed by atoms with van der Waals surface area (Å²) >= 11 is 7.20. The van der Waals surface area contributed by atoms with Crippen LogP contribution in [-0.4, -0.2) is 40.5 Å². The van der Waals surface area contributed by atoms with Gasteiger partial charge in [-0.25, -0.2) is 9.78 Å². The minimum Gasteiger partial charge on any atom is -0.507 e. The Kier molecular flexibility index (Phi) is 6.81. The zero-order valence-corrected chi connectivity index (χ0v) is 22.1. The highest BCUT2D eigenvalue weighted by molar-refractivity contribution is 7.17. The van der Waals surface area contributed by atoms with Gasteiger partial charge in [0.2, 0.25) is 0 Å². The molecule has 8 nitrogen and oxygen atoms in total. The van der Waals surface area contributed by atoms with Gasteiger partial charge < -0.3 is 14.6 Å². The number of amides is 1. The molecule has 1 fully saturated rings. The van der Waals surface area contributed by atoms with Crippen molar-refractivity contribution in [3.8, 4) is 5.75 Å². The Labute approximate surface area is 227 Å². The molecule has 1 saturated heterocycles. The van der Waals surface area contributed by atoms with Crippen molar-refractivity contribution in [2.75, 3.05) is 11.5 Å². The lowest BCUT2D eigenvalue weighted by Gasteiger charge is -2.23. The highest BCUT2D eigenvalue weighted by atomic mass is 35.5. The van der Waals surface area contributed by atoms with Gasteiger partial charge in [0.15, 0.2) is 5.13 Å². The molecular weight excluding hydrogens is 528 g/mol. The number of nitrogens with zero attached hydrogens (tertiary/aromatic N) is 2. The number of halogens is 1. The fourth-order valence-corrected chi connectivity index (χ4v) is 5.81. The van der Waals surface area contributed by atoms with Crippen molar-refractivity contribution >= 4 is 51.5 Å². The van der Waals surface area contributed by atoms with Gasteiger partial charge in [-0.1, -0.05) is 47.7 Å². The third-order valence-electron chi connectivity index (χ3n) is 6.29. The summed E-state index contributed by atoms with van der Waals surface area (Å²) in [5, 5.41) is 11.9. The number of thiazole rings is 1. The molecule has 2 aliphatic heterocycles. The summed E-state index contributed by atoms with van der Waals surface area (Å²) < 4.78 is 10.9. The van der Waals surface area contributed by atoms with Gasteiger partial charge in [0.05, 0.1) is 17.3 Å². The van der Waals surface area contributed by atoms with E-state index in [-0.39, 0.29) is 34.1 Å². The van der Waals surface area contributed by atoms with Crippen molar-refractivity contribution in [1.82, 2.24) is 4.98 Å². The molecule has 2 aliphatic rings. The van der Waals surface area contributed by atoms with Crippen LogP contribution in [0.15, 0.2) is 60.7 Å². The molecule has 0 bridgehead atoms. The number of Topliss-reactive ketones (excluding diaryl/α,β-unsaturated/α-hetero) is 1. The number of anilines is 1. The molecule has 1 aromatic heterocycles. The number of ether oxygens (including phenoxy) is 2. The summed E-state index contributed by atoms with van der Waals surface area (Å²) in [4.78, 5) is 45.2. The zero-order valence-electron chi connectivity index (χ0n) is 20.6.